The summed E-state index contributed by atoms with van der Waals surface area (Å²) in [5, 5.41) is 5.38. The van der Waals surface area contributed by atoms with Gasteiger partial charge >= 0.3 is 0 Å². The standard InChI is InChI=1S/C13H26N2O5/c1-3-12(16)14-5-7-19-9-10-20-8-6-15-13(17)11-18-4-2/h3-11H2,1-2H3,(H,14,16)(H,15,17). The van der Waals surface area contributed by atoms with E-state index in [-0.39, 0.29) is 18.4 Å². The van der Waals surface area contributed by atoms with E-state index >= 15 is 0 Å². The number of hydrogen-bond acceptors (Lipinski definition) is 5. The summed E-state index contributed by atoms with van der Waals surface area (Å²) in [6, 6.07) is 0. The largest absolute Gasteiger partial charge is 0.377 e. The predicted molar refractivity (Wildman–Crippen MR) is 74.4 cm³/mol. The smallest absolute Gasteiger partial charge is 0.246 e. The number of amides is 2. The molecule has 0 aliphatic heterocycles. The van der Waals surface area contributed by atoms with Gasteiger partial charge in [-0.15, -0.1) is 0 Å². The monoisotopic (exact) mass is 290 g/mol. The average Bonchev–Trinajstić information content (AvgIpc) is 2.46. The molecule has 0 rings (SSSR count). The highest BCUT2D eigenvalue weighted by Crippen LogP contribution is 1.80. The predicted octanol–water partition coefficient (Wildman–Crippen LogP) is -0.301. The van der Waals surface area contributed by atoms with Crippen LogP contribution in [-0.2, 0) is 23.8 Å². The molecule has 0 aliphatic rings. The molecular formula is C13H26N2O5. The normalized spacial score (nSPS) is 10.3. The van der Waals surface area contributed by atoms with Crippen LogP contribution in [0.1, 0.15) is 20.3 Å². The lowest BCUT2D eigenvalue weighted by molar-refractivity contribution is -0.125. The minimum atomic E-state index is -0.140. The second-order valence-electron chi connectivity index (χ2n) is 3.92. The molecule has 0 aromatic heterocycles. The molecule has 2 amide bonds. The molecule has 0 unspecified atom stereocenters. The van der Waals surface area contributed by atoms with Crippen molar-refractivity contribution < 1.29 is 23.8 Å². The van der Waals surface area contributed by atoms with Crippen LogP contribution in [0.3, 0.4) is 0 Å². The number of rotatable bonds is 13. The fraction of sp³-hybridized carbons (Fsp3) is 0.846. The molecule has 0 saturated heterocycles. The van der Waals surface area contributed by atoms with Crippen molar-refractivity contribution in [3.05, 3.63) is 0 Å². The van der Waals surface area contributed by atoms with Gasteiger partial charge in [0.2, 0.25) is 11.8 Å². The zero-order chi connectivity index (χ0) is 15.1. The Hall–Kier alpha value is -1.18. The van der Waals surface area contributed by atoms with E-state index in [2.05, 4.69) is 10.6 Å². The Labute approximate surface area is 120 Å². The topological polar surface area (TPSA) is 85.9 Å². The van der Waals surface area contributed by atoms with Crippen molar-refractivity contribution in [2.75, 3.05) is 52.7 Å². The van der Waals surface area contributed by atoms with E-state index in [1.54, 1.807) is 6.92 Å². The molecule has 0 aromatic rings. The zero-order valence-electron chi connectivity index (χ0n) is 12.4. The van der Waals surface area contributed by atoms with Gasteiger partial charge in [0, 0.05) is 26.1 Å². The summed E-state index contributed by atoms with van der Waals surface area (Å²) < 4.78 is 15.5. The zero-order valence-corrected chi connectivity index (χ0v) is 12.4. The van der Waals surface area contributed by atoms with E-state index in [0.717, 1.165) is 0 Å². The number of nitrogens with one attached hydrogen (secondary N) is 2. The number of ether oxygens (including phenoxy) is 3. The van der Waals surface area contributed by atoms with Crippen LogP contribution in [0.4, 0.5) is 0 Å². The minimum absolute atomic E-state index is 0.0210. The molecule has 7 nitrogen and oxygen atoms in total. The van der Waals surface area contributed by atoms with E-state index in [1.807, 2.05) is 6.92 Å². The molecule has 0 bridgehead atoms. The summed E-state index contributed by atoms with van der Waals surface area (Å²) in [7, 11) is 0. The van der Waals surface area contributed by atoms with Crippen molar-refractivity contribution in [2.24, 2.45) is 0 Å². The number of carbonyl (C=O) groups excluding carboxylic acids is 2. The Morgan fingerprint density at radius 3 is 1.85 bits per heavy atom. The third-order valence-corrected chi connectivity index (χ3v) is 2.27. The van der Waals surface area contributed by atoms with Crippen LogP contribution < -0.4 is 10.6 Å². The maximum absolute atomic E-state index is 11.1. The van der Waals surface area contributed by atoms with E-state index < -0.39 is 0 Å². The summed E-state index contributed by atoms with van der Waals surface area (Å²) in [5.41, 5.74) is 0. The first-order chi connectivity index (χ1) is 9.70. The molecule has 0 heterocycles. The summed E-state index contributed by atoms with van der Waals surface area (Å²) in [4.78, 5) is 22.0. The highest BCUT2D eigenvalue weighted by atomic mass is 16.5. The summed E-state index contributed by atoms with van der Waals surface area (Å²) >= 11 is 0. The van der Waals surface area contributed by atoms with Gasteiger partial charge in [0.25, 0.3) is 0 Å². The quantitative estimate of drug-likeness (QED) is 0.455. The van der Waals surface area contributed by atoms with E-state index in [4.69, 9.17) is 14.2 Å². The molecule has 0 atom stereocenters. The van der Waals surface area contributed by atoms with Gasteiger partial charge in [-0.05, 0) is 6.92 Å². The highest BCUT2D eigenvalue weighted by Gasteiger charge is 1.99. The number of hydrogen-bond donors (Lipinski definition) is 2. The maximum Gasteiger partial charge on any atom is 0.246 e. The van der Waals surface area contributed by atoms with E-state index in [9.17, 15) is 9.59 Å². The first kappa shape index (κ1) is 18.8. The Morgan fingerprint density at radius 1 is 0.800 bits per heavy atom. The Morgan fingerprint density at radius 2 is 1.35 bits per heavy atom. The van der Waals surface area contributed by atoms with Crippen LogP contribution in [0.15, 0.2) is 0 Å². The Balaban J connectivity index is 3.13. The minimum Gasteiger partial charge on any atom is -0.377 e. The molecular weight excluding hydrogens is 264 g/mol. The van der Waals surface area contributed by atoms with Crippen molar-refractivity contribution >= 4 is 11.8 Å². The van der Waals surface area contributed by atoms with Gasteiger partial charge in [0.05, 0.1) is 26.4 Å². The van der Waals surface area contributed by atoms with Crippen molar-refractivity contribution in [1.82, 2.24) is 10.6 Å². The molecule has 7 heteroatoms. The highest BCUT2D eigenvalue weighted by molar-refractivity contribution is 5.77. The summed E-state index contributed by atoms with van der Waals surface area (Å²) in [6.07, 6.45) is 0.484. The van der Waals surface area contributed by atoms with Crippen LogP contribution in [-0.4, -0.2) is 64.5 Å². The second-order valence-corrected chi connectivity index (χ2v) is 3.92. The molecule has 0 aliphatic carbocycles. The fourth-order valence-corrected chi connectivity index (χ4v) is 1.22. The molecule has 0 fully saturated rings. The van der Waals surface area contributed by atoms with Crippen molar-refractivity contribution in [2.45, 2.75) is 20.3 Å². The van der Waals surface area contributed by atoms with Crippen LogP contribution in [0.25, 0.3) is 0 Å². The Kier molecular flexibility index (Phi) is 13.4. The Bertz CT molecular complexity index is 261. The summed E-state index contributed by atoms with van der Waals surface area (Å²) in [5.74, 6) is -0.119. The van der Waals surface area contributed by atoms with E-state index in [0.29, 0.717) is 52.5 Å². The molecule has 0 saturated carbocycles. The van der Waals surface area contributed by atoms with Crippen molar-refractivity contribution in [3.8, 4) is 0 Å². The van der Waals surface area contributed by atoms with Gasteiger partial charge in [-0.2, -0.15) is 0 Å². The molecule has 118 valence electrons. The molecule has 0 aromatic carbocycles. The third kappa shape index (κ3) is 13.3. The van der Waals surface area contributed by atoms with Crippen LogP contribution in [0, 0.1) is 0 Å². The fourth-order valence-electron chi connectivity index (χ4n) is 1.22. The van der Waals surface area contributed by atoms with Crippen LogP contribution in [0.5, 0.6) is 0 Å². The van der Waals surface area contributed by atoms with Crippen LogP contribution >= 0.6 is 0 Å². The first-order valence-corrected chi connectivity index (χ1v) is 6.97. The van der Waals surface area contributed by atoms with Gasteiger partial charge in [-0.3, -0.25) is 9.59 Å². The SMILES string of the molecule is CCOCC(=O)NCCOCCOCCNC(=O)CC. The maximum atomic E-state index is 11.1. The lowest BCUT2D eigenvalue weighted by atomic mass is 10.4. The second kappa shape index (κ2) is 14.2. The van der Waals surface area contributed by atoms with Gasteiger partial charge < -0.3 is 24.8 Å². The first-order valence-electron chi connectivity index (χ1n) is 6.97. The average molecular weight is 290 g/mol. The molecule has 2 N–H and O–H groups in total. The molecule has 0 radical (unpaired) electrons. The van der Waals surface area contributed by atoms with Gasteiger partial charge in [0.1, 0.15) is 6.61 Å². The van der Waals surface area contributed by atoms with Crippen molar-refractivity contribution in [1.29, 1.82) is 0 Å². The molecule has 0 spiro atoms. The van der Waals surface area contributed by atoms with Crippen molar-refractivity contribution in [3.63, 3.8) is 0 Å². The summed E-state index contributed by atoms with van der Waals surface area (Å²) in [6.45, 7) is 7.06. The van der Waals surface area contributed by atoms with E-state index in [1.165, 1.54) is 0 Å². The van der Waals surface area contributed by atoms with Gasteiger partial charge in [-0.25, -0.2) is 0 Å². The van der Waals surface area contributed by atoms with Gasteiger partial charge in [-0.1, -0.05) is 6.92 Å². The molecule has 20 heavy (non-hydrogen) atoms. The lowest BCUT2D eigenvalue weighted by Crippen LogP contribution is -2.31. The van der Waals surface area contributed by atoms with Crippen LogP contribution in [0.2, 0.25) is 0 Å². The van der Waals surface area contributed by atoms with Gasteiger partial charge in [0.15, 0.2) is 0 Å². The number of carbonyl (C=O) groups is 2. The third-order valence-electron chi connectivity index (χ3n) is 2.27. The lowest BCUT2D eigenvalue weighted by Gasteiger charge is -2.07.